The fraction of sp³-hybridized carbons (Fsp3) is 0.500. The molecule has 1 fully saturated rings. The molecule has 0 radical (unpaired) electrons. The molecule has 20 heavy (non-hydrogen) atoms. The third-order valence-electron chi connectivity index (χ3n) is 3.32. The molecule has 2 atom stereocenters. The van der Waals surface area contributed by atoms with E-state index in [1.165, 1.54) is 4.52 Å². The van der Waals surface area contributed by atoms with Crippen molar-refractivity contribution in [2.75, 3.05) is 6.54 Å². The first-order chi connectivity index (χ1) is 9.61. The lowest BCUT2D eigenvalue weighted by molar-refractivity contribution is 0.0915. The number of hydrogen-bond acceptors (Lipinski definition) is 5. The van der Waals surface area contributed by atoms with Gasteiger partial charge in [-0.25, -0.2) is 9.50 Å². The zero-order valence-electron chi connectivity index (χ0n) is 11.0. The van der Waals surface area contributed by atoms with Gasteiger partial charge in [-0.2, -0.15) is 4.98 Å². The van der Waals surface area contributed by atoms with Crippen LogP contribution >= 0.6 is 15.9 Å². The van der Waals surface area contributed by atoms with E-state index in [-0.39, 0.29) is 17.8 Å². The summed E-state index contributed by atoms with van der Waals surface area (Å²) in [5, 5.41) is 10.5. The fourth-order valence-electron chi connectivity index (χ4n) is 2.37. The molecule has 2 unspecified atom stereocenters. The number of carbonyl (C=O) groups excluding carboxylic acids is 1. The molecule has 1 aliphatic rings. The Hall–Kier alpha value is -1.54. The highest BCUT2D eigenvalue weighted by Gasteiger charge is 2.22. The molecule has 0 spiro atoms. The number of amides is 1. The lowest BCUT2D eigenvalue weighted by Crippen LogP contribution is -2.46. The quantitative estimate of drug-likeness (QED) is 0.844. The number of aromatic nitrogens is 4. The van der Waals surface area contributed by atoms with Gasteiger partial charge in [0.05, 0.1) is 4.47 Å². The molecular formula is C12H15BrN6O. The molecule has 1 saturated heterocycles. The Bertz CT molecular complexity index is 642. The van der Waals surface area contributed by atoms with Gasteiger partial charge < -0.3 is 10.6 Å². The van der Waals surface area contributed by atoms with Crippen LogP contribution in [0.5, 0.6) is 0 Å². The maximum Gasteiger partial charge on any atom is 0.291 e. The summed E-state index contributed by atoms with van der Waals surface area (Å²) in [5.74, 6) is 0.324. The summed E-state index contributed by atoms with van der Waals surface area (Å²) in [6.07, 6.45) is 5.19. The number of hydrogen-bond donors (Lipinski definition) is 2. The Balaban J connectivity index is 1.75. The van der Waals surface area contributed by atoms with Crippen molar-refractivity contribution >= 4 is 27.6 Å². The van der Waals surface area contributed by atoms with Crippen LogP contribution in [0.15, 0.2) is 16.9 Å². The van der Waals surface area contributed by atoms with E-state index in [1.807, 2.05) is 0 Å². The van der Waals surface area contributed by atoms with Gasteiger partial charge in [0.25, 0.3) is 11.7 Å². The van der Waals surface area contributed by atoms with E-state index in [9.17, 15) is 4.79 Å². The maximum absolute atomic E-state index is 12.2. The van der Waals surface area contributed by atoms with Crippen LogP contribution in [0.3, 0.4) is 0 Å². The van der Waals surface area contributed by atoms with Crippen LogP contribution in [-0.4, -0.2) is 44.1 Å². The fourth-order valence-corrected chi connectivity index (χ4v) is 2.66. The van der Waals surface area contributed by atoms with Crippen molar-refractivity contribution in [3.8, 4) is 0 Å². The van der Waals surface area contributed by atoms with Crippen LogP contribution in [-0.2, 0) is 0 Å². The van der Waals surface area contributed by atoms with Crippen molar-refractivity contribution in [3.05, 3.63) is 22.7 Å². The van der Waals surface area contributed by atoms with Gasteiger partial charge in [-0.3, -0.25) is 4.79 Å². The van der Waals surface area contributed by atoms with Crippen molar-refractivity contribution in [2.24, 2.45) is 0 Å². The largest absolute Gasteiger partial charge is 0.346 e. The van der Waals surface area contributed by atoms with Gasteiger partial charge in [0, 0.05) is 24.5 Å². The summed E-state index contributed by atoms with van der Waals surface area (Å²) in [5.41, 5.74) is 0. The molecule has 2 aromatic heterocycles. The SMILES string of the molecule is CC1CC(NC(=O)c2nc3ncc(Br)cn3n2)CCN1. The van der Waals surface area contributed by atoms with E-state index in [1.54, 1.807) is 12.4 Å². The summed E-state index contributed by atoms with van der Waals surface area (Å²) in [7, 11) is 0. The number of fused-ring (bicyclic) bond motifs is 1. The van der Waals surface area contributed by atoms with Crippen molar-refractivity contribution in [1.29, 1.82) is 0 Å². The van der Waals surface area contributed by atoms with Gasteiger partial charge in [-0.05, 0) is 42.2 Å². The van der Waals surface area contributed by atoms with Crippen molar-refractivity contribution in [3.63, 3.8) is 0 Å². The third-order valence-corrected chi connectivity index (χ3v) is 3.73. The normalized spacial score (nSPS) is 22.9. The van der Waals surface area contributed by atoms with Crippen LogP contribution in [0.4, 0.5) is 0 Å². The first-order valence-corrected chi connectivity index (χ1v) is 7.33. The summed E-state index contributed by atoms with van der Waals surface area (Å²) < 4.78 is 2.28. The van der Waals surface area contributed by atoms with E-state index >= 15 is 0 Å². The molecule has 3 rings (SSSR count). The minimum atomic E-state index is -0.245. The number of nitrogens with zero attached hydrogens (tertiary/aromatic N) is 4. The van der Waals surface area contributed by atoms with Crippen LogP contribution in [0.1, 0.15) is 30.4 Å². The second-order valence-electron chi connectivity index (χ2n) is 5.00. The molecule has 0 aliphatic carbocycles. The number of carbonyl (C=O) groups is 1. The van der Waals surface area contributed by atoms with E-state index in [2.05, 4.69) is 48.6 Å². The highest BCUT2D eigenvalue weighted by molar-refractivity contribution is 9.10. The molecule has 3 heterocycles. The Labute approximate surface area is 124 Å². The first-order valence-electron chi connectivity index (χ1n) is 6.54. The Morgan fingerprint density at radius 2 is 2.45 bits per heavy atom. The standard InChI is InChI=1S/C12H15BrN6O/c1-7-4-9(2-3-14-7)16-11(20)10-17-12-15-5-8(13)6-19(12)18-10/h5-7,9,14H,2-4H2,1H3,(H,16,20). The van der Waals surface area contributed by atoms with Gasteiger partial charge in [-0.1, -0.05) is 0 Å². The van der Waals surface area contributed by atoms with E-state index in [4.69, 9.17) is 0 Å². The summed E-state index contributed by atoms with van der Waals surface area (Å²) in [6.45, 7) is 3.03. The summed E-state index contributed by atoms with van der Waals surface area (Å²) >= 11 is 3.31. The molecule has 1 amide bonds. The molecule has 0 aromatic carbocycles. The average molecular weight is 339 g/mol. The highest BCUT2D eigenvalue weighted by atomic mass is 79.9. The predicted molar refractivity (Wildman–Crippen MR) is 76.4 cm³/mol. The molecule has 2 N–H and O–H groups in total. The zero-order chi connectivity index (χ0) is 14.1. The van der Waals surface area contributed by atoms with Gasteiger partial charge in [0.15, 0.2) is 0 Å². The third kappa shape index (κ3) is 2.80. The molecule has 0 saturated carbocycles. The van der Waals surface area contributed by atoms with Crippen LogP contribution < -0.4 is 10.6 Å². The summed E-state index contributed by atoms with van der Waals surface area (Å²) in [6, 6.07) is 0.589. The number of halogens is 1. The lowest BCUT2D eigenvalue weighted by Gasteiger charge is -2.28. The van der Waals surface area contributed by atoms with Crippen molar-refractivity contribution < 1.29 is 4.79 Å². The predicted octanol–water partition coefficient (Wildman–Crippen LogP) is 0.757. The Kier molecular flexibility index (Phi) is 3.66. The molecule has 1 aliphatic heterocycles. The minimum absolute atomic E-state index is 0.154. The van der Waals surface area contributed by atoms with Crippen LogP contribution in [0.25, 0.3) is 5.78 Å². The van der Waals surface area contributed by atoms with Crippen LogP contribution in [0.2, 0.25) is 0 Å². The van der Waals surface area contributed by atoms with E-state index in [0.717, 1.165) is 23.9 Å². The molecular weight excluding hydrogens is 324 g/mol. The zero-order valence-corrected chi connectivity index (χ0v) is 12.6. The molecule has 7 nitrogen and oxygen atoms in total. The number of rotatable bonds is 2. The van der Waals surface area contributed by atoms with Gasteiger partial charge in [0.1, 0.15) is 0 Å². The topological polar surface area (TPSA) is 84.2 Å². The number of piperidine rings is 1. The second-order valence-corrected chi connectivity index (χ2v) is 5.92. The maximum atomic E-state index is 12.2. The summed E-state index contributed by atoms with van der Waals surface area (Å²) in [4.78, 5) is 20.4. The van der Waals surface area contributed by atoms with Gasteiger partial charge >= 0.3 is 0 Å². The smallest absolute Gasteiger partial charge is 0.291 e. The Morgan fingerprint density at radius 3 is 3.25 bits per heavy atom. The average Bonchev–Trinajstić information content (AvgIpc) is 2.81. The first kappa shape index (κ1) is 13.4. The Morgan fingerprint density at radius 1 is 1.60 bits per heavy atom. The van der Waals surface area contributed by atoms with Gasteiger partial charge in [-0.15, -0.1) is 5.10 Å². The van der Waals surface area contributed by atoms with Crippen molar-refractivity contribution in [2.45, 2.75) is 31.8 Å². The monoisotopic (exact) mass is 338 g/mol. The van der Waals surface area contributed by atoms with E-state index in [0.29, 0.717) is 11.8 Å². The molecule has 8 heteroatoms. The molecule has 0 bridgehead atoms. The van der Waals surface area contributed by atoms with Crippen LogP contribution in [0, 0.1) is 0 Å². The van der Waals surface area contributed by atoms with Crippen molar-refractivity contribution in [1.82, 2.24) is 30.2 Å². The lowest BCUT2D eigenvalue weighted by atomic mass is 10.0. The molecule has 2 aromatic rings. The van der Waals surface area contributed by atoms with E-state index < -0.39 is 0 Å². The second kappa shape index (κ2) is 5.45. The number of nitrogens with one attached hydrogen (secondary N) is 2. The minimum Gasteiger partial charge on any atom is -0.346 e. The highest BCUT2D eigenvalue weighted by Crippen LogP contribution is 2.10. The molecule has 106 valence electrons. The van der Waals surface area contributed by atoms with Gasteiger partial charge in [0.2, 0.25) is 5.82 Å².